The quantitative estimate of drug-likeness (QED) is 0.793. The molecule has 0 fully saturated rings. The Morgan fingerprint density at radius 1 is 1.04 bits per heavy atom. The molecule has 1 aliphatic heterocycles. The summed E-state index contributed by atoms with van der Waals surface area (Å²) in [7, 11) is 3.04. The molecule has 0 N–H and O–H groups in total. The van der Waals surface area contributed by atoms with Gasteiger partial charge in [0.2, 0.25) is 0 Å². The molecular weight excluding hydrogens is 304 g/mol. The summed E-state index contributed by atoms with van der Waals surface area (Å²) < 4.78 is 16.3. The molecule has 1 heterocycles. The molecule has 1 aliphatic rings. The van der Waals surface area contributed by atoms with Gasteiger partial charge in [0.05, 0.1) is 19.8 Å². The summed E-state index contributed by atoms with van der Waals surface area (Å²) in [5, 5.41) is 0. The lowest BCUT2D eigenvalue weighted by molar-refractivity contribution is -0.136. The zero-order valence-electron chi connectivity index (χ0n) is 13.8. The number of hydrogen-bond donors (Lipinski definition) is 0. The molecule has 0 aromatic heterocycles. The predicted molar refractivity (Wildman–Crippen MR) is 91.4 cm³/mol. The molecule has 0 bridgehead atoms. The van der Waals surface area contributed by atoms with E-state index >= 15 is 0 Å². The van der Waals surface area contributed by atoms with E-state index in [1.54, 1.807) is 7.11 Å². The lowest BCUT2D eigenvalue weighted by Crippen LogP contribution is -2.17. The van der Waals surface area contributed by atoms with E-state index in [0.717, 1.165) is 23.3 Å². The first-order valence-corrected chi connectivity index (χ1v) is 7.90. The van der Waals surface area contributed by atoms with Gasteiger partial charge in [0.15, 0.2) is 0 Å². The van der Waals surface area contributed by atoms with Crippen LogP contribution in [-0.4, -0.2) is 20.2 Å². The molecular formula is C20H20O4. The Hall–Kier alpha value is -2.75. The van der Waals surface area contributed by atoms with Gasteiger partial charge in [0, 0.05) is 5.56 Å². The number of methoxy groups -OCH3 is 2. The van der Waals surface area contributed by atoms with Crippen molar-refractivity contribution in [2.75, 3.05) is 14.2 Å². The highest BCUT2D eigenvalue weighted by Crippen LogP contribution is 2.39. The van der Waals surface area contributed by atoms with Crippen molar-refractivity contribution in [2.45, 2.75) is 18.9 Å². The van der Waals surface area contributed by atoms with Crippen LogP contribution in [-0.2, 0) is 14.3 Å². The fourth-order valence-corrected chi connectivity index (χ4v) is 2.86. The van der Waals surface area contributed by atoms with Crippen molar-refractivity contribution in [3.8, 4) is 5.75 Å². The number of benzene rings is 2. The predicted octanol–water partition coefficient (Wildman–Crippen LogP) is 4.13. The van der Waals surface area contributed by atoms with Crippen molar-refractivity contribution in [2.24, 2.45) is 0 Å². The van der Waals surface area contributed by atoms with E-state index in [9.17, 15) is 4.79 Å². The standard InChI is InChI=1S/C20H20O4/c1-22-16-10-8-14(9-11-16)18-13-12-17(20(21)23-2)19(24-18)15-6-4-3-5-7-15/h3-11,18H,12-13H2,1-2H3. The normalized spacial score (nSPS) is 17.2. The summed E-state index contributed by atoms with van der Waals surface area (Å²) >= 11 is 0. The van der Waals surface area contributed by atoms with Crippen LogP contribution in [0.4, 0.5) is 0 Å². The summed E-state index contributed by atoms with van der Waals surface area (Å²) in [4.78, 5) is 12.1. The minimum atomic E-state index is -0.331. The molecule has 0 radical (unpaired) electrons. The van der Waals surface area contributed by atoms with E-state index in [1.807, 2.05) is 54.6 Å². The van der Waals surface area contributed by atoms with Gasteiger partial charge in [0.1, 0.15) is 17.6 Å². The fraction of sp³-hybridized carbons (Fsp3) is 0.250. The van der Waals surface area contributed by atoms with E-state index in [1.165, 1.54) is 7.11 Å². The molecule has 2 aromatic carbocycles. The molecule has 1 atom stereocenters. The first-order chi connectivity index (χ1) is 11.7. The largest absolute Gasteiger partial charge is 0.497 e. The molecule has 4 nitrogen and oxygen atoms in total. The van der Waals surface area contributed by atoms with Crippen molar-refractivity contribution in [3.05, 3.63) is 71.3 Å². The van der Waals surface area contributed by atoms with Gasteiger partial charge in [-0.15, -0.1) is 0 Å². The van der Waals surface area contributed by atoms with Crippen molar-refractivity contribution in [1.82, 2.24) is 0 Å². The monoisotopic (exact) mass is 324 g/mol. The zero-order chi connectivity index (χ0) is 16.9. The second-order valence-corrected chi connectivity index (χ2v) is 5.58. The highest BCUT2D eigenvalue weighted by atomic mass is 16.5. The van der Waals surface area contributed by atoms with E-state index < -0.39 is 0 Å². The number of carbonyl (C=O) groups is 1. The van der Waals surface area contributed by atoms with Crippen molar-refractivity contribution < 1.29 is 19.0 Å². The molecule has 0 saturated heterocycles. The Morgan fingerprint density at radius 3 is 2.38 bits per heavy atom. The fourth-order valence-electron chi connectivity index (χ4n) is 2.86. The van der Waals surface area contributed by atoms with Gasteiger partial charge in [-0.3, -0.25) is 0 Å². The summed E-state index contributed by atoms with van der Waals surface area (Å²) in [5.41, 5.74) is 2.54. The van der Waals surface area contributed by atoms with Crippen LogP contribution >= 0.6 is 0 Å². The van der Waals surface area contributed by atoms with E-state index in [-0.39, 0.29) is 12.1 Å². The number of rotatable bonds is 4. The maximum absolute atomic E-state index is 12.1. The number of carbonyl (C=O) groups excluding carboxylic acids is 1. The Kier molecular flexibility index (Phi) is 4.85. The highest BCUT2D eigenvalue weighted by molar-refractivity contribution is 5.96. The molecule has 1 unspecified atom stereocenters. The van der Waals surface area contributed by atoms with Gasteiger partial charge >= 0.3 is 5.97 Å². The molecule has 2 aromatic rings. The summed E-state index contributed by atoms with van der Waals surface area (Å²) in [6.07, 6.45) is 1.25. The Balaban J connectivity index is 1.93. The van der Waals surface area contributed by atoms with Crippen LogP contribution in [0.5, 0.6) is 5.75 Å². The van der Waals surface area contributed by atoms with E-state index in [2.05, 4.69) is 0 Å². The highest BCUT2D eigenvalue weighted by Gasteiger charge is 2.28. The lowest BCUT2D eigenvalue weighted by Gasteiger charge is -2.28. The van der Waals surface area contributed by atoms with E-state index in [4.69, 9.17) is 14.2 Å². The summed E-state index contributed by atoms with van der Waals surface area (Å²) in [5.74, 6) is 1.08. The van der Waals surface area contributed by atoms with Crippen LogP contribution in [0.15, 0.2) is 60.2 Å². The molecule has 0 spiro atoms. The first kappa shape index (κ1) is 16.1. The smallest absolute Gasteiger partial charge is 0.337 e. The Labute approximate surface area is 141 Å². The van der Waals surface area contributed by atoms with Gasteiger partial charge < -0.3 is 14.2 Å². The molecule has 0 aliphatic carbocycles. The molecule has 3 rings (SSSR count). The van der Waals surface area contributed by atoms with Crippen LogP contribution in [0.3, 0.4) is 0 Å². The topological polar surface area (TPSA) is 44.8 Å². The van der Waals surface area contributed by atoms with Gasteiger partial charge in [-0.2, -0.15) is 0 Å². The van der Waals surface area contributed by atoms with Gasteiger partial charge in [-0.25, -0.2) is 4.79 Å². The molecule has 124 valence electrons. The third-order valence-corrected chi connectivity index (χ3v) is 4.15. The van der Waals surface area contributed by atoms with Gasteiger partial charge in [0.25, 0.3) is 0 Å². The van der Waals surface area contributed by atoms with Crippen LogP contribution in [0.25, 0.3) is 5.76 Å². The molecule has 4 heteroatoms. The minimum Gasteiger partial charge on any atom is -0.497 e. The number of hydrogen-bond acceptors (Lipinski definition) is 4. The summed E-state index contributed by atoms with van der Waals surface area (Å²) in [6, 6.07) is 17.5. The lowest BCUT2D eigenvalue weighted by atomic mass is 9.95. The molecule has 24 heavy (non-hydrogen) atoms. The van der Waals surface area contributed by atoms with Gasteiger partial charge in [-0.05, 0) is 30.5 Å². The second kappa shape index (κ2) is 7.21. The number of esters is 1. The van der Waals surface area contributed by atoms with E-state index in [0.29, 0.717) is 17.8 Å². The van der Waals surface area contributed by atoms with Crippen molar-refractivity contribution >= 4 is 11.7 Å². The summed E-state index contributed by atoms with van der Waals surface area (Å²) in [6.45, 7) is 0. The maximum atomic E-state index is 12.1. The van der Waals surface area contributed by atoms with Crippen LogP contribution in [0.2, 0.25) is 0 Å². The maximum Gasteiger partial charge on any atom is 0.337 e. The Morgan fingerprint density at radius 2 is 1.75 bits per heavy atom. The molecule has 0 amide bonds. The molecule has 0 saturated carbocycles. The van der Waals surface area contributed by atoms with Crippen molar-refractivity contribution in [1.29, 1.82) is 0 Å². The minimum absolute atomic E-state index is 0.0977. The van der Waals surface area contributed by atoms with Crippen LogP contribution in [0, 0.1) is 0 Å². The van der Waals surface area contributed by atoms with Crippen molar-refractivity contribution in [3.63, 3.8) is 0 Å². The number of ether oxygens (including phenoxy) is 3. The average molecular weight is 324 g/mol. The first-order valence-electron chi connectivity index (χ1n) is 7.90. The zero-order valence-corrected chi connectivity index (χ0v) is 13.8. The van der Waals surface area contributed by atoms with Gasteiger partial charge in [-0.1, -0.05) is 42.5 Å². The van der Waals surface area contributed by atoms with Crippen LogP contribution < -0.4 is 4.74 Å². The average Bonchev–Trinajstić information content (AvgIpc) is 2.67. The Bertz CT molecular complexity index is 732. The second-order valence-electron chi connectivity index (χ2n) is 5.58. The SMILES string of the molecule is COC(=O)C1=C(c2ccccc2)OC(c2ccc(OC)cc2)CC1. The third-order valence-electron chi connectivity index (χ3n) is 4.15. The van der Waals surface area contributed by atoms with Crippen LogP contribution in [0.1, 0.15) is 30.1 Å². The third kappa shape index (κ3) is 3.27.